The van der Waals surface area contributed by atoms with Crippen molar-refractivity contribution in [3.63, 3.8) is 0 Å². The largest absolute Gasteiger partial charge is 1.00 e. The molecule has 9 nitrogen and oxygen atoms in total. The maximum absolute atomic E-state index is 8.89. The number of carboxylic acids is 1. The van der Waals surface area contributed by atoms with Gasteiger partial charge in [0.15, 0.2) is 0 Å². The maximum atomic E-state index is 8.89. The second kappa shape index (κ2) is 16.7. The number of rotatable bonds is 4. The van der Waals surface area contributed by atoms with Crippen molar-refractivity contribution in [2.24, 2.45) is 0 Å². The van der Waals surface area contributed by atoms with E-state index in [4.69, 9.17) is 37.8 Å². The first-order valence-electron chi connectivity index (χ1n) is 19.4. The monoisotopic (exact) mass is 797 g/mol. The van der Waals surface area contributed by atoms with E-state index in [9.17, 15) is 0 Å². The Morgan fingerprint density at radius 2 is 0.895 bits per heavy atom. The molecular formula is C44H55B3KNO8. The number of carboxylic acid groups (broad SMARTS) is 1. The summed E-state index contributed by atoms with van der Waals surface area (Å²) in [6.45, 7) is 25.5. The van der Waals surface area contributed by atoms with Gasteiger partial charge in [0.2, 0.25) is 0 Å². The smallest absolute Gasteiger partial charge is 0.550 e. The number of para-hydroxylation sites is 2. The van der Waals surface area contributed by atoms with E-state index in [1.807, 2.05) is 55.4 Å². The zero-order valence-corrected chi connectivity index (χ0v) is 39.3. The fourth-order valence-electron chi connectivity index (χ4n) is 6.82. The molecule has 0 unspecified atom stereocenters. The van der Waals surface area contributed by atoms with Crippen LogP contribution in [0.5, 0.6) is 0 Å². The molecule has 0 atom stereocenters. The molecule has 0 N–H and O–H groups in total. The van der Waals surface area contributed by atoms with Gasteiger partial charge in [0.1, 0.15) is 0 Å². The Kier molecular flexibility index (Phi) is 13.4. The van der Waals surface area contributed by atoms with Gasteiger partial charge in [-0.15, -0.1) is 0 Å². The van der Waals surface area contributed by atoms with E-state index in [0.717, 1.165) is 12.4 Å². The number of aliphatic carboxylic acids is 1. The summed E-state index contributed by atoms with van der Waals surface area (Å²) in [4.78, 5) is 8.89. The Morgan fingerprint density at radius 1 is 0.509 bits per heavy atom. The number of hydrogen-bond donors (Lipinski definition) is 0. The van der Waals surface area contributed by atoms with Crippen molar-refractivity contribution >= 4 is 54.4 Å². The third-order valence-electron chi connectivity index (χ3n) is 12.2. The van der Waals surface area contributed by atoms with Crippen molar-refractivity contribution in [2.75, 3.05) is 0 Å². The zero-order chi connectivity index (χ0) is 41.1. The topological polar surface area (TPSA) is 100 Å². The van der Waals surface area contributed by atoms with Crippen LogP contribution in [0.3, 0.4) is 0 Å². The molecule has 0 spiro atoms. The Morgan fingerprint density at radius 3 is 1.37 bits per heavy atom. The third kappa shape index (κ3) is 9.25. The van der Waals surface area contributed by atoms with E-state index < -0.39 is 20.0 Å². The van der Waals surface area contributed by atoms with Crippen molar-refractivity contribution < 1.29 is 89.2 Å². The Labute approximate surface area is 382 Å². The predicted molar refractivity (Wildman–Crippen MR) is 225 cm³/mol. The quantitative estimate of drug-likeness (QED) is 0.241. The summed E-state index contributed by atoms with van der Waals surface area (Å²) in [5.41, 5.74) is 4.91. The SMILES string of the molecule is CC(=O)[O-].CC1(C)OB(B2OC(C)(C)C(C)(C)O2)OC1(C)C.CC1(C)OB(c2ccc(-c3ccc4c(c3)c3ccccc3n4-c3ccccc3)cc2)OC1(C)C.[K+]. The average Bonchev–Trinajstić information content (AvgIpc) is 3.72. The van der Waals surface area contributed by atoms with Crippen LogP contribution in [0.2, 0.25) is 0 Å². The third-order valence-corrected chi connectivity index (χ3v) is 12.2. The van der Waals surface area contributed by atoms with Crippen molar-refractivity contribution in [3.8, 4) is 16.8 Å². The van der Waals surface area contributed by atoms with Crippen LogP contribution in [-0.4, -0.2) is 65.3 Å². The average molecular weight is 797 g/mol. The first-order valence-corrected chi connectivity index (χ1v) is 19.4. The summed E-state index contributed by atoms with van der Waals surface area (Å²) in [5.74, 6) is -1.08. The van der Waals surface area contributed by atoms with Gasteiger partial charge in [-0.25, -0.2) is 0 Å². The van der Waals surface area contributed by atoms with Crippen LogP contribution in [-0.2, 0) is 32.7 Å². The molecule has 0 aliphatic carbocycles. The first kappa shape index (κ1) is 45.8. The van der Waals surface area contributed by atoms with Crippen LogP contribution in [0.15, 0.2) is 97.1 Å². The summed E-state index contributed by atoms with van der Waals surface area (Å²) in [6.07, 6.45) is 0. The summed E-state index contributed by atoms with van der Waals surface area (Å²) >= 11 is 0. The molecule has 1 aromatic heterocycles. The number of nitrogens with zero attached hydrogens (tertiary/aromatic N) is 1. The molecule has 3 aliphatic heterocycles. The first-order chi connectivity index (χ1) is 26.0. The number of carbonyl (C=O) groups is 1. The van der Waals surface area contributed by atoms with Gasteiger partial charge >= 0.3 is 72.5 Å². The minimum atomic E-state index is -1.08. The minimum Gasteiger partial charge on any atom is -0.550 e. The molecule has 3 aliphatic rings. The standard InChI is InChI=1S/C30H28BNO2.C12H24B2O4.C2H4O2.K/c1-29(2)30(3,4)34-31(33-29)23-17-14-21(15-18-23)22-16-19-28-26(20-22)25-12-8-9-13-27(25)32(28)24-10-6-5-7-11-24;1-9(2)10(3,4)16-13(15-9)14-17-11(5,6)12(7,8)18-14;1-2(3)4;/h5-20H,1-4H3;1-8H3;1H3,(H,3,4);/q;;;+1/p-1. The summed E-state index contributed by atoms with van der Waals surface area (Å²) in [5, 5.41) is 11.4. The van der Waals surface area contributed by atoms with Gasteiger partial charge in [0.05, 0.1) is 44.6 Å². The van der Waals surface area contributed by atoms with Gasteiger partial charge < -0.3 is 42.4 Å². The van der Waals surface area contributed by atoms with E-state index in [1.165, 1.54) is 38.6 Å². The molecule has 57 heavy (non-hydrogen) atoms. The van der Waals surface area contributed by atoms with Crippen molar-refractivity contribution in [1.82, 2.24) is 4.57 Å². The molecule has 13 heteroatoms. The van der Waals surface area contributed by atoms with Crippen LogP contribution in [0.1, 0.15) is 90.0 Å². The number of carbonyl (C=O) groups excluding carboxylic acids is 1. The molecule has 8 rings (SSSR count). The van der Waals surface area contributed by atoms with Crippen molar-refractivity contribution in [1.29, 1.82) is 0 Å². The second-order valence-electron chi connectivity index (χ2n) is 17.9. The molecule has 0 radical (unpaired) electrons. The number of fused-ring (bicyclic) bond motifs is 3. The molecule has 5 aromatic rings. The van der Waals surface area contributed by atoms with Gasteiger partial charge in [-0.2, -0.15) is 0 Å². The molecule has 0 amide bonds. The van der Waals surface area contributed by atoms with Gasteiger partial charge in [0.25, 0.3) is 0 Å². The number of hydrogen-bond acceptors (Lipinski definition) is 8. The van der Waals surface area contributed by atoms with E-state index in [0.29, 0.717) is 0 Å². The molecule has 3 saturated heterocycles. The fraction of sp³-hybridized carbons (Fsp3) is 0.432. The second-order valence-corrected chi connectivity index (χ2v) is 17.9. The zero-order valence-electron chi connectivity index (χ0n) is 36.2. The Balaban J connectivity index is 0.000000228. The molecular weight excluding hydrogens is 742 g/mol. The molecule has 3 fully saturated rings. The van der Waals surface area contributed by atoms with Gasteiger partial charge in [-0.3, -0.25) is 0 Å². The van der Waals surface area contributed by atoms with Crippen LogP contribution >= 0.6 is 0 Å². The summed E-state index contributed by atoms with van der Waals surface area (Å²) in [7, 11) is -1.29. The molecule has 294 valence electrons. The molecule has 0 saturated carbocycles. The summed E-state index contributed by atoms with van der Waals surface area (Å²) < 4.78 is 38.6. The Bertz CT molecular complexity index is 2120. The van der Waals surface area contributed by atoms with Gasteiger partial charge in [-0.1, -0.05) is 66.7 Å². The van der Waals surface area contributed by atoms with E-state index in [2.05, 4.69) is 129 Å². The molecule has 4 aromatic carbocycles. The van der Waals surface area contributed by atoms with Crippen molar-refractivity contribution in [2.45, 2.75) is 124 Å². The van der Waals surface area contributed by atoms with E-state index in [-0.39, 0.29) is 92.1 Å². The number of benzene rings is 4. The van der Waals surface area contributed by atoms with Crippen molar-refractivity contribution in [3.05, 3.63) is 97.1 Å². The summed E-state index contributed by atoms with van der Waals surface area (Å²) in [6, 6.07) is 34.5. The maximum Gasteiger partial charge on any atom is 1.00 e. The van der Waals surface area contributed by atoms with Gasteiger partial charge in [-0.05, 0) is 137 Å². The predicted octanol–water partition coefficient (Wildman–Crippen LogP) is 4.76. The number of aromatic nitrogens is 1. The van der Waals surface area contributed by atoms with Gasteiger partial charge in [0, 0.05) is 22.4 Å². The van der Waals surface area contributed by atoms with Crippen LogP contribution in [0.25, 0.3) is 38.6 Å². The molecule has 0 bridgehead atoms. The van der Waals surface area contributed by atoms with Crippen LogP contribution in [0, 0.1) is 0 Å². The van der Waals surface area contributed by atoms with E-state index in [1.54, 1.807) is 0 Å². The Hall–Kier alpha value is -2.26. The van der Waals surface area contributed by atoms with Crippen LogP contribution < -0.4 is 62.0 Å². The van der Waals surface area contributed by atoms with Crippen LogP contribution in [0.4, 0.5) is 0 Å². The molecule has 4 heterocycles. The fourth-order valence-corrected chi connectivity index (χ4v) is 6.82. The van der Waals surface area contributed by atoms with E-state index >= 15 is 0 Å². The normalized spacial score (nSPS) is 20.7. The minimum absolute atomic E-state index is 0.